The molecule has 2 aliphatic rings. The molecule has 0 unspecified atom stereocenters. The van der Waals surface area contributed by atoms with Gasteiger partial charge in [-0.3, -0.25) is 29.0 Å². The van der Waals surface area contributed by atoms with Gasteiger partial charge in [0.25, 0.3) is 0 Å². The summed E-state index contributed by atoms with van der Waals surface area (Å²) in [5.41, 5.74) is 2.91. The molecule has 2 heterocycles. The van der Waals surface area contributed by atoms with Crippen LogP contribution in [0.5, 0.6) is 0 Å². The Morgan fingerprint density at radius 3 is 1.14 bits per heavy atom. The Labute approximate surface area is 162 Å². The molecule has 142 valence electrons. The molecule has 0 radical (unpaired) electrons. The van der Waals surface area contributed by atoms with Crippen molar-refractivity contribution < 1.29 is 19.2 Å². The number of hydrogen-bond acceptors (Lipinski definition) is 5. The first-order chi connectivity index (χ1) is 13.5. The fourth-order valence-corrected chi connectivity index (χ4v) is 3.53. The van der Waals surface area contributed by atoms with Crippen LogP contribution in [0.25, 0.3) is 0 Å². The molecule has 0 atom stereocenters. The highest BCUT2D eigenvalue weighted by molar-refractivity contribution is 6.20. The number of amides is 4. The molecule has 0 spiro atoms. The van der Waals surface area contributed by atoms with Gasteiger partial charge in [-0.1, -0.05) is 0 Å². The topological polar surface area (TPSA) is 78.0 Å². The van der Waals surface area contributed by atoms with Crippen LogP contribution in [0.1, 0.15) is 25.7 Å². The zero-order chi connectivity index (χ0) is 19.8. The number of hydrogen-bond donors (Lipinski definition) is 0. The average molecular weight is 377 g/mol. The van der Waals surface area contributed by atoms with Gasteiger partial charge in [0.15, 0.2) is 0 Å². The van der Waals surface area contributed by atoms with E-state index in [0.717, 1.165) is 11.4 Å². The lowest BCUT2D eigenvalue weighted by atomic mass is 10.2. The van der Waals surface area contributed by atoms with Gasteiger partial charge in [0.05, 0.1) is 11.4 Å². The lowest BCUT2D eigenvalue weighted by molar-refractivity contribution is -0.122. The SMILES string of the molecule is CN(c1ccc(N2C(=O)CCC2=O)cc1)c1ccc(N2C(=O)CCC2=O)cc1. The van der Waals surface area contributed by atoms with E-state index in [2.05, 4.69) is 0 Å². The van der Waals surface area contributed by atoms with Crippen LogP contribution in [0.2, 0.25) is 0 Å². The minimum absolute atomic E-state index is 0.173. The second kappa shape index (κ2) is 6.92. The third-order valence-electron chi connectivity index (χ3n) is 5.09. The number of rotatable bonds is 4. The third kappa shape index (κ3) is 3.05. The summed E-state index contributed by atoms with van der Waals surface area (Å²) in [4.78, 5) is 51.8. The molecule has 0 bridgehead atoms. The van der Waals surface area contributed by atoms with Crippen LogP contribution in [-0.4, -0.2) is 30.7 Å². The summed E-state index contributed by atoms with van der Waals surface area (Å²) in [6.07, 6.45) is 1.04. The van der Waals surface area contributed by atoms with Crippen molar-refractivity contribution in [2.45, 2.75) is 25.7 Å². The summed E-state index contributed by atoms with van der Waals surface area (Å²) in [7, 11) is 1.89. The molecule has 0 aromatic heterocycles. The highest BCUT2D eigenvalue weighted by Crippen LogP contribution is 2.30. The average Bonchev–Trinajstić information content (AvgIpc) is 3.22. The van der Waals surface area contributed by atoms with E-state index in [-0.39, 0.29) is 49.3 Å². The van der Waals surface area contributed by atoms with Crippen molar-refractivity contribution >= 4 is 46.4 Å². The van der Waals surface area contributed by atoms with Gasteiger partial charge in [0, 0.05) is 44.1 Å². The summed E-state index contributed by atoms with van der Waals surface area (Å²) < 4.78 is 0. The second-order valence-corrected chi connectivity index (χ2v) is 6.84. The number of nitrogens with zero attached hydrogens (tertiary/aromatic N) is 3. The van der Waals surface area contributed by atoms with Gasteiger partial charge in [0.2, 0.25) is 23.6 Å². The van der Waals surface area contributed by atoms with Crippen molar-refractivity contribution in [1.82, 2.24) is 0 Å². The molecule has 0 aliphatic carbocycles. The van der Waals surface area contributed by atoms with Crippen molar-refractivity contribution in [2.75, 3.05) is 21.7 Å². The molecule has 2 aromatic carbocycles. The number of imide groups is 2. The van der Waals surface area contributed by atoms with E-state index in [9.17, 15) is 19.2 Å². The number of benzene rings is 2. The molecule has 2 aliphatic heterocycles. The Hall–Kier alpha value is -3.48. The quantitative estimate of drug-likeness (QED) is 0.766. The number of anilines is 4. The van der Waals surface area contributed by atoms with Gasteiger partial charge in [-0.15, -0.1) is 0 Å². The highest BCUT2D eigenvalue weighted by Gasteiger charge is 2.31. The number of carbonyl (C=O) groups is 4. The lowest BCUT2D eigenvalue weighted by Gasteiger charge is -2.22. The summed E-state index contributed by atoms with van der Waals surface area (Å²) >= 11 is 0. The predicted octanol–water partition coefficient (Wildman–Crippen LogP) is 2.76. The van der Waals surface area contributed by atoms with Crippen molar-refractivity contribution in [2.24, 2.45) is 0 Å². The first-order valence-corrected chi connectivity index (χ1v) is 9.11. The molecule has 0 N–H and O–H groups in total. The number of carbonyl (C=O) groups excluding carboxylic acids is 4. The summed E-state index contributed by atoms with van der Waals surface area (Å²) in [5.74, 6) is -0.694. The maximum Gasteiger partial charge on any atom is 0.234 e. The van der Waals surface area contributed by atoms with Crippen molar-refractivity contribution in [3.05, 3.63) is 48.5 Å². The maximum atomic E-state index is 11.9. The van der Waals surface area contributed by atoms with Gasteiger partial charge >= 0.3 is 0 Å². The van der Waals surface area contributed by atoms with Crippen LogP contribution in [0.4, 0.5) is 22.7 Å². The van der Waals surface area contributed by atoms with E-state index in [1.807, 2.05) is 36.2 Å². The Kier molecular flexibility index (Phi) is 4.43. The van der Waals surface area contributed by atoms with Crippen LogP contribution in [0, 0.1) is 0 Å². The molecule has 7 nitrogen and oxygen atoms in total. The van der Waals surface area contributed by atoms with Crippen LogP contribution in [0.15, 0.2) is 48.5 Å². The first-order valence-electron chi connectivity index (χ1n) is 9.11. The molecule has 28 heavy (non-hydrogen) atoms. The summed E-state index contributed by atoms with van der Waals surface area (Å²) in [6, 6.07) is 14.4. The zero-order valence-corrected chi connectivity index (χ0v) is 15.4. The van der Waals surface area contributed by atoms with Gasteiger partial charge in [-0.25, -0.2) is 0 Å². The molecule has 2 aromatic rings. The molecule has 4 rings (SSSR count). The van der Waals surface area contributed by atoms with E-state index in [1.54, 1.807) is 24.3 Å². The molecule has 4 amide bonds. The van der Waals surface area contributed by atoms with Crippen molar-refractivity contribution in [1.29, 1.82) is 0 Å². The zero-order valence-electron chi connectivity index (χ0n) is 15.4. The summed E-state index contributed by atoms with van der Waals surface area (Å²) in [5, 5.41) is 0. The second-order valence-electron chi connectivity index (χ2n) is 6.84. The normalized spacial score (nSPS) is 17.0. The lowest BCUT2D eigenvalue weighted by Crippen LogP contribution is -2.28. The van der Waals surface area contributed by atoms with Gasteiger partial charge in [-0.05, 0) is 48.5 Å². The minimum atomic E-state index is -0.173. The molecule has 2 fully saturated rings. The maximum absolute atomic E-state index is 11.9. The minimum Gasteiger partial charge on any atom is -0.345 e. The van der Waals surface area contributed by atoms with E-state index < -0.39 is 0 Å². The van der Waals surface area contributed by atoms with Crippen LogP contribution >= 0.6 is 0 Å². The van der Waals surface area contributed by atoms with Gasteiger partial charge in [-0.2, -0.15) is 0 Å². The van der Waals surface area contributed by atoms with Crippen LogP contribution < -0.4 is 14.7 Å². The fraction of sp³-hybridized carbons (Fsp3) is 0.238. The molecule has 2 saturated heterocycles. The molecule has 0 saturated carbocycles. The Bertz CT molecular complexity index is 855. The highest BCUT2D eigenvalue weighted by atomic mass is 16.2. The molecule has 7 heteroatoms. The van der Waals surface area contributed by atoms with E-state index in [0.29, 0.717) is 11.4 Å². The van der Waals surface area contributed by atoms with E-state index in [1.165, 1.54) is 9.80 Å². The van der Waals surface area contributed by atoms with E-state index >= 15 is 0 Å². The molecular weight excluding hydrogens is 358 g/mol. The standard InChI is InChI=1S/C21H19N3O4/c1-22(14-2-6-16(7-3-14)23-18(25)10-11-19(23)26)15-4-8-17(9-5-15)24-20(27)12-13-21(24)28/h2-9H,10-13H2,1H3. The largest absolute Gasteiger partial charge is 0.345 e. The molecular formula is C21H19N3O4. The first kappa shape index (κ1) is 17.9. The van der Waals surface area contributed by atoms with Crippen molar-refractivity contribution in [3.63, 3.8) is 0 Å². The Morgan fingerprint density at radius 2 is 0.857 bits per heavy atom. The van der Waals surface area contributed by atoms with Crippen molar-refractivity contribution in [3.8, 4) is 0 Å². The Morgan fingerprint density at radius 1 is 0.571 bits per heavy atom. The van der Waals surface area contributed by atoms with Gasteiger partial charge < -0.3 is 4.90 Å². The predicted molar refractivity (Wildman–Crippen MR) is 104 cm³/mol. The smallest absolute Gasteiger partial charge is 0.234 e. The summed E-state index contributed by atoms with van der Waals surface area (Å²) in [6.45, 7) is 0. The monoisotopic (exact) mass is 377 g/mol. The van der Waals surface area contributed by atoms with E-state index in [4.69, 9.17) is 0 Å². The van der Waals surface area contributed by atoms with Crippen LogP contribution in [-0.2, 0) is 19.2 Å². The Balaban J connectivity index is 1.52. The fourth-order valence-electron chi connectivity index (χ4n) is 3.53. The van der Waals surface area contributed by atoms with Gasteiger partial charge in [0.1, 0.15) is 0 Å². The third-order valence-corrected chi connectivity index (χ3v) is 5.09. The van der Waals surface area contributed by atoms with Crippen LogP contribution in [0.3, 0.4) is 0 Å².